The van der Waals surface area contributed by atoms with Gasteiger partial charge in [0.25, 0.3) is 5.91 Å². The number of carbonyl (C=O) groups is 1. The number of nitrogens with one attached hydrogen (secondary N) is 1. The lowest BCUT2D eigenvalue weighted by atomic mass is 10.1. The normalized spacial score (nSPS) is 11.7. The van der Waals surface area contributed by atoms with Gasteiger partial charge < -0.3 is 11.1 Å². The van der Waals surface area contributed by atoms with E-state index in [-0.39, 0.29) is 22.4 Å². The van der Waals surface area contributed by atoms with Crippen LogP contribution in [0.2, 0.25) is 5.15 Å². The number of anilines is 1. The third kappa shape index (κ3) is 4.95. The van der Waals surface area contributed by atoms with E-state index in [0.29, 0.717) is 34.0 Å². The van der Waals surface area contributed by atoms with Crippen LogP contribution >= 0.6 is 11.6 Å². The van der Waals surface area contributed by atoms with Crippen molar-refractivity contribution in [3.05, 3.63) is 70.0 Å². The average molecular weight is 488 g/mol. The van der Waals surface area contributed by atoms with Crippen molar-refractivity contribution in [2.75, 3.05) is 5.73 Å². The van der Waals surface area contributed by atoms with Crippen LogP contribution < -0.4 is 11.1 Å². The summed E-state index contributed by atoms with van der Waals surface area (Å²) in [5, 5.41) is 16.7. The van der Waals surface area contributed by atoms with Gasteiger partial charge in [0.15, 0.2) is 11.5 Å². The standard InChI is InChI=1S/C24H22ClN9O/c1-12-5-6-16(11-26)30-19(12)14(3)29-24(35)22-23(27)32-21(17-7-8-34(4)33-17)20(31-22)15-9-13(2)28-18(25)10-15/h5-10,14H,1-4H3,(H2,27,32)(H,29,35). The minimum Gasteiger partial charge on any atom is -0.382 e. The minimum absolute atomic E-state index is 0.0496. The lowest BCUT2D eigenvalue weighted by molar-refractivity contribution is 0.0935. The van der Waals surface area contributed by atoms with E-state index in [1.54, 1.807) is 62.1 Å². The molecule has 0 saturated carbocycles. The van der Waals surface area contributed by atoms with Crippen molar-refractivity contribution in [3.63, 3.8) is 0 Å². The molecule has 0 aliphatic carbocycles. The fourth-order valence-corrected chi connectivity index (χ4v) is 3.93. The fraction of sp³-hybridized carbons (Fsp3) is 0.208. The van der Waals surface area contributed by atoms with E-state index in [1.165, 1.54) is 0 Å². The first-order valence-corrected chi connectivity index (χ1v) is 11.0. The summed E-state index contributed by atoms with van der Waals surface area (Å²) in [5.74, 6) is -0.580. The molecule has 35 heavy (non-hydrogen) atoms. The molecule has 4 aromatic rings. The predicted molar refractivity (Wildman–Crippen MR) is 131 cm³/mol. The van der Waals surface area contributed by atoms with Gasteiger partial charge in [0.1, 0.15) is 28.3 Å². The predicted octanol–water partition coefficient (Wildman–Crippen LogP) is 3.55. The molecule has 0 radical (unpaired) electrons. The number of amides is 1. The molecule has 0 saturated heterocycles. The molecular formula is C24H22ClN9O. The third-order valence-electron chi connectivity index (χ3n) is 5.30. The molecule has 1 amide bonds. The first kappa shape index (κ1) is 23.8. The number of aryl methyl sites for hydroxylation is 3. The van der Waals surface area contributed by atoms with Gasteiger partial charge in [0, 0.05) is 24.5 Å². The summed E-state index contributed by atoms with van der Waals surface area (Å²) in [7, 11) is 1.79. The van der Waals surface area contributed by atoms with E-state index in [0.717, 1.165) is 5.56 Å². The number of nitrogens with two attached hydrogens (primary N) is 1. The van der Waals surface area contributed by atoms with Crippen molar-refractivity contribution < 1.29 is 4.79 Å². The summed E-state index contributed by atoms with van der Waals surface area (Å²) in [6.45, 7) is 5.43. The molecule has 1 unspecified atom stereocenters. The van der Waals surface area contributed by atoms with E-state index in [2.05, 4.69) is 30.4 Å². The summed E-state index contributed by atoms with van der Waals surface area (Å²) in [4.78, 5) is 30.9. The van der Waals surface area contributed by atoms with Gasteiger partial charge >= 0.3 is 0 Å². The Balaban J connectivity index is 1.78. The highest BCUT2D eigenvalue weighted by molar-refractivity contribution is 6.29. The first-order valence-electron chi connectivity index (χ1n) is 10.7. The number of hydrogen-bond donors (Lipinski definition) is 2. The Morgan fingerprint density at radius 1 is 1.14 bits per heavy atom. The van der Waals surface area contributed by atoms with Crippen molar-refractivity contribution in [2.24, 2.45) is 7.05 Å². The van der Waals surface area contributed by atoms with Crippen LogP contribution in [0.5, 0.6) is 0 Å². The zero-order valence-corrected chi connectivity index (χ0v) is 20.3. The van der Waals surface area contributed by atoms with Crippen molar-refractivity contribution in [2.45, 2.75) is 26.8 Å². The maximum atomic E-state index is 13.2. The molecule has 10 nitrogen and oxygen atoms in total. The first-order chi connectivity index (χ1) is 16.7. The second kappa shape index (κ2) is 9.48. The zero-order chi connectivity index (χ0) is 25.3. The van der Waals surface area contributed by atoms with E-state index >= 15 is 0 Å². The number of aromatic nitrogens is 6. The zero-order valence-electron chi connectivity index (χ0n) is 19.5. The lowest BCUT2D eigenvalue weighted by Gasteiger charge is -2.17. The van der Waals surface area contributed by atoms with E-state index < -0.39 is 11.9 Å². The van der Waals surface area contributed by atoms with Gasteiger partial charge in [-0.15, -0.1) is 0 Å². The van der Waals surface area contributed by atoms with Gasteiger partial charge in [-0.1, -0.05) is 17.7 Å². The minimum atomic E-state index is -0.531. The van der Waals surface area contributed by atoms with Crippen LogP contribution in [-0.4, -0.2) is 35.6 Å². The van der Waals surface area contributed by atoms with Crippen molar-refractivity contribution in [1.82, 2.24) is 35.0 Å². The van der Waals surface area contributed by atoms with Crippen LogP contribution in [0.1, 0.15) is 46.1 Å². The van der Waals surface area contributed by atoms with Crippen LogP contribution in [0.25, 0.3) is 22.6 Å². The summed E-state index contributed by atoms with van der Waals surface area (Å²) in [6, 6.07) is 10.1. The molecule has 0 spiro atoms. The number of nitrogens with zero attached hydrogens (tertiary/aromatic N) is 7. The highest BCUT2D eigenvalue weighted by atomic mass is 35.5. The summed E-state index contributed by atoms with van der Waals surface area (Å²) < 4.78 is 1.63. The Hall–Kier alpha value is -4.36. The van der Waals surface area contributed by atoms with Gasteiger partial charge in [-0.2, -0.15) is 10.4 Å². The number of hydrogen-bond acceptors (Lipinski definition) is 8. The molecule has 4 heterocycles. The SMILES string of the molecule is Cc1cc(-c2nc(C(=O)NC(C)c3nc(C#N)ccc3C)c(N)nc2-c2ccn(C)n2)cc(Cl)n1. The largest absolute Gasteiger partial charge is 0.382 e. The van der Waals surface area contributed by atoms with Crippen LogP contribution in [0.15, 0.2) is 36.5 Å². The molecule has 0 fully saturated rings. The van der Waals surface area contributed by atoms with Gasteiger partial charge in [0.2, 0.25) is 0 Å². The number of carbonyl (C=O) groups excluding carboxylic acids is 1. The van der Waals surface area contributed by atoms with Crippen LogP contribution in [0.4, 0.5) is 5.82 Å². The Morgan fingerprint density at radius 3 is 2.57 bits per heavy atom. The molecule has 0 bridgehead atoms. The topological polar surface area (TPSA) is 148 Å². The van der Waals surface area contributed by atoms with E-state index in [1.807, 2.05) is 13.0 Å². The van der Waals surface area contributed by atoms with E-state index in [9.17, 15) is 10.1 Å². The average Bonchev–Trinajstić information content (AvgIpc) is 3.24. The fourth-order valence-electron chi connectivity index (χ4n) is 3.68. The number of rotatable bonds is 5. The van der Waals surface area contributed by atoms with Crippen LogP contribution in [-0.2, 0) is 7.05 Å². The Bertz CT molecular complexity index is 1470. The molecule has 1 atom stereocenters. The highest BCUT2D eigenvalue weighted by Crippen LogP contribution is 2.31. The van der Waals surface area contributed by atoms with Crippen LogP contribution in [0.3, 0.4) is 0 Å². The lowest BCUT2D eigenvalue weighted by Crippen LogP contribution is -2.30. The van der Waals surface area contributed by atoms with E-state index in [4.69, 9.17) is 17.3 Å². The number of nitriles is 1. The van der Waals surface area contributed by atoms with Gasteiger partial charge in [0.05, 0.1) is 17.4 Å². The Kier molecular flexibility index (Phi) is 6.44. The maximum Gasteiger partial charge on any atom is 0.274 e. The highest BCUT2D eigenvalue weighted by Gasteiger charge is 2.23. The molecule has 4 rings (SSSR count). The summed E-state index contributed by atoms with van der Waals surface area (Å²) in [6.07, 6.45) is 1.77. The molecule has 0 aliphatic heterocycles. The second-order valence-electron chi connectivity index (χ2n) is 8.05. The Labute approximate surface area is 206 Å². The quantitative estimate of drug-likeness (QED) is 0.406. The van der Waals surface area contributed by atoms with Gasteiger partial charge in [-0.05, 0) is 50.6 Å². The number of halogens is 1. The molecule has 176 valence electrons. The van der Waals surface area contributed by atoms with Gasteiger partial charge in [-0.3, -0.25) is 9.48 Å². The molecule has 11 heteroatoms. The van der Waals surface area contributed by atoms with Crippen LogP contribution in [0, 0.1) is 25.2 Å². The monoisotopic (exact) mass is 487 g/mol. The second-order valence-corrected chi connectivity index (χ2v) is 8.44. The summed E-state index contributed by atoms with van der Waals surface area (Å²) >= 11 is 6.20. The Morgan fingerprint density at radius 2 is 1.91 bits per heavy atom. The molecule has 3 N–H and O–H groups in total. The molecule has 4 aromatic heterocycles. The summed E-state index contributed by atoms with van der Waals surface area (Å²) in [5.41, 5.74) is 10.5. The van der Waals surface area contributed by atoms with Gasteiger partial charge in [-0.25, -0.2) is 19.9 Å². The smallest absolute Gasteiger partial charge is 0.274 e. The van der Waals surface area contributed by atoms with Crippen molar-refractivity contribution in [1.29, 1.82) is 5.26 Å². The molecule has 0 aromatic carbocycles. The maximum absolute atomic E-state index is 13.2. The van der Waals surface area contributed by atoms with Crippen molar-refractivity contribution in [3.8, 4) is 28.7 Å². The van der Waals surface area contributed by atoms with Crippen molar-refractivity contribution >= 4 is 23.3 Å². The number of nitrogen functional groups attached to an aromatic ring is 1. The molecule has 0 aliphatic rings. The third-order valence-corrected chi connectivity index (χ3v) is 5.49. The number of pyridine rings is 2. The molecular weight excluding hydrogens is 466 g/mol.